The van der Waals surface area contributed by atoms with E-state index in [0.29, 0.717) is 17.4 Å². The predicted octanol–water partition coefficient (Wildman–Crippen LogP) is 2.57. The molecule has 2 N–H and O–H groups in total. The molecule has 0 amide bonds. The Morgan fingerprint density at radius 2 is 2.35 bits per heavy atom. The number of hydrogen-bond donors (Lipinski definition) is 2. The Hall–Kier alpha value is -2.08. The molecule has 104 valence electrons. The van der Waals surface area contributed by atoms with Crippen LogP contribution in [0.4, 0.5) is 5.13 Å². The third-order valence-electron chi connectivity index (χ3n) is 3.19. The third kappa shape index (κ3) is 2.46. The molecule has 0 saturated carbocycles. The smallest absolute Gasteiger partial charge is 0.347 e. The topological polar surface area (TPSA) is 71.5 Å². The minimum absolute atomic E-state index is 0.0601. The number of carbonyl (C=O) groups is 1. The summed E-state index contributed by atoms with van der Waals surface area (Å²) in [6.07, 6.45) is 0.921. The summed E-state index contributed by atoms with van der Waals surface area (Å²) in [6, 6.07) is 7.98. The van der Waals surface area contributed by atoms with E-state index in [1.54, 1.807) is 6.92 Å². The number of carboxylic acids is 1. The van der Waals surface area contributed by atoms with Crippen molar-refractivity contribution in [2.24, 2.45) is 0 Å². The highest BCUT2D eigenvalue weighted by molar-refractivity contribution is 7.17. The summed E-state index contributed by atoms with van der Waals surface area (Å²) in [5.41, 5.74) is 1.75. The third-order valence-corrected chi connectivity index (χ3v) is 4.29. The molecule has 1 aliphatic rings. The first-order valence-electron chi connectivity index (χ1n) is 6.32. The van der Waals surface area contributed by atoms with E-state index in [1.807, 2.05) is 18.2 Å². The molecule has 2 aromatic rings. The van der Waals surface area contributed by atoms with Crippen molar-refractivity contribution >= 4 is 22.4 Å². The Morgan fingerprint density at radius 1 is 1.55 bits per heavy atom. The van der Waals surface area contributed by atoms with Crippen LogP contribution in [0.5, 0.6) is 5.75 Å². The molecule has 0 saturated heterocycles. The molecule has 6 heteroatoms. The van der Waals surface area contributed by atoms with Gasteiger partial charge in [-0.3, -0.25) is 0 Å². The highest BCUT2D eigenvalue weighted by Gasteiger charge is 2.22. The van der Waals surface area contributed by atoms with Gasteiger partial charge in [-0.25, -0.2) is 9.78 Å². The fraction of sp³-hybridized carbons (Fsp3) is 0.286. The summed E-state index contributed by atoms with van der Waals surface area (Å²) in [4.78, 5) is 15.5. The molecule has 1 aromatic carbocycles. The number of nitrogens with one attached hydrogen (secondary N) is 1. The number of para-hydroxylation sites is 1. The van der Waals surface area contributed by atoms with Gasteiger partial charge in [-0.15, -0.1) is 0 Å². The van der Waals surface area contributed by atoms with Crippen molar-refractivity contribution in [2.45, 2.75) is 19.4 Å². The summed E-state index contributed by atoms with van der Waals surface area (Å²) < 4.78 is 5.81. The Bertz CT molecular complexity index is 629. The molecule has 20 heavy (non-hydrogen) atoms. The van der Waals surface area contributed by atoms with Crippen LogP contribution in [0.1, 0.15) is 20.9 Å². The van der Waals surface area contributed by atoms with Crippen molar-refractivity contribution in [3.63, 3.8) is 0 Å². The maximum absolute atomic E-state index is 11.0. The van der Waals surface area contributed by atoms with Crippen LogP contribution in [0.3, 0.4) is 0 Å². The van der Waals surface area contributed by atoms with E-state index in [1.165, 1.54) is 5.56 Å². The molecule has 0 radical (unpaired) electrons. The van der Waals surface area contributed by atoms with Gasteiger partial charge < -0.3 is 15.2 Å². The van der Waals surface area contributed by atoms with E-state index in [2.05, 4.69) is 16.4 Å². The largest absolute Gasteiger partial charge is 0.488 e. The van der Waals surface area contributed by atoms with Crippen molar-refractivity contribution in [3.8, 4) is 5.75 Å². The molecular formula is C14H14N2O3S. The van der Waals surface area contributed by atoms with Crippen molar-refractivity contribution in [2.75, 3.05) is 11.9 Å². The first-order chi connectivity index (χ1) is 9.63. The van der Waals surface area contributed by atoms with Crippen molar-refractivity contribution in [1.29, 1.82) is 0 Å². The van der Waals surface area contributed by atoms with Crippen molar-refractivity contribution < 1.29 is 14.6 Å². The van der Waals surface area contributed by atoms with E-state index >= 15 is 0 Å². The molecule has 2 heterocycles. The molecule has 1 aliphatic heterocycles. The Labute approximate surface area is 120 Å². The fourth-order valence-electron chi connectivity index (χ4n) is 2.24. The number of nitrogens with zero attached hydrogens (tertiary/aromatic N) is 1. The van der Waals surface area contributed by atoms with Crippen LogP contribution in [0.25, 0.3) is 0 Å². The predicted molar refractivity (Wildman–Crippen MR) is 76.9 cm³/mol. The number of anilines is 1. The van der Waals surface area contributed by atoms with E-state index < -0.39 is 5.97 Å². The van der Waals surface area contributed by atoms with Crippen LogP contribution in [0.2, 0.25) is 0 Å². The number of benzene rings is 1. The van der Waals surface area contributed by atoms with Crippen LogP contribution in [0.15, 0.2) is 24.3 Å². The number of thiazole rings is 1. The van der Waals surface area contributed by atoms with Crippen LogP contribution in [-0.4, -0.2) is 28.7 Å². The summed E-state index contributed by atoms with van der Waals surface area (Å²) in [5.74, 6) is -0.00147. The number of aromatic nitrogens is 1. The van der Waals surface area contributed by atoms with Crippen LogP contribution < -0.4 is 10.1 Å². The van der Waals surface area contributed by atoms with Gasteiger partial charge in [0.2, 0.25) is 0 Å². The molecule has 1 atom stereocenters. The monoisotopic (exact) mass is 290 g/mol. The van der Waals surface area contributed by atoms with Crippen molar-refractivity contribution in [3.05, 3.63) is 40.4 Å². The number of aryl methyl sites for hydroxylation is 1. The summed E-state index contributed by atoms with van der Waals surface area (Å²) in [7, 11) is 0. The SMILES string of the molecule is Cc1nc(NCC2Cc3ccccc3O2)sc1C(=O)O. The molecule has 0 aliphatic carbocycles. The van der Waals surface area contributed by atoms with Crippen molar-refractivity contribution in [1.82, 2.24) is 4.98 Å². The van der Waals surface area contributed by atoms with Crippen LogP contribution in [-0.2, 0) is 6.42 Å². The van der Waals surface area contributed by atoms with Crippen LogP contribution in [0, 0.1) is 6.92 Å². The summed E-state index contributed by atoms with van der Waals surface area (Å²) >= 11 is 1.16. The molecule has 5 nitrogen and oxygen atoms in total. The lowest BCUT2D eigenvalue weighted by molar-refractivity contribution is 0.0701. The van der Waals surface area contributed by atoms with E-state index in [0.717, 1.165) is 23.5 Å². The van der Waals surface area contributed by atoms with E-state index in [4.69, 9.17) is 9.84 Å². The number of hydrogen-bond acceptors (Lipinski definition) is 5. The van der Waals surface area contributed by atoms with E-state index in [9.17, 15) is 4.79 Å². The zero-order chi connectivity index (χ0) is 14.1. The first-order valence-corrected chi connectivity index (χ1v) is 7.14. The number of fused-ring (bicyclic) bond motifs is 1. The molecular weight excluding hydrogens is 276 g/mol. The lowest BCUT2D eigenvalue weighted by Gasteiger charge is -2.10. The minimum atomic E-state index is -0.933. The van der Waals surface area contributed by atoms with Crippen LogP contribution >= 0.6 is 11.3 Å². The standard InChI is InChI=1S/C14H14N2O3S/c1-8-12(13(17)18)20-14(16-8)15-7-10-6-9-4-2-3-5-11(9)19-10/h2-5,10H,6-7H2,1H3,(H,15,16)(H,17,18). The number of carboxylic acid groups (broad SMARTS) is 1. The summed E-state index contributed by atoms with van der Waals surface area (Å²) in [6.45, 7) is 2.31. The van der Waals surface area contributed by atoms with Gasteiger partial charge >= 0.3 is 5.97 Å². The Morgan fingerprint density at radius 3 is 3.05 bits per heavy atom. The maximum Gasteiger partial charge on any atom is 0.347 e. The average Bonchev–Trinajstić information content (AvgIpc) is 2.99. The first kappa shape index (κ1) is 12.9. The average molecular weight is 290 g/mol. The van der Waals surface area contributed by atoms with Gasteiger partial charge in [0.25, 0.3) is 0 Å². The lowest BCUT2D eigenvalue weighted by atomic mass is 10.1. The Balaban J connectivity index is 1.61. The van der Waals surface area contributed by atoms with Gasteiger partial charge in [-0.05, 0) is 18.6 Å². The maximum atomic E-state index is 11.0. The number of aromatic carboxylic acids is 1. The van der Waals surface area contributed by atoms with Gasteiger partial charge in [0.05, 0.1) is 12.2 Å². The van der Waals surface area contributed by atoms with Gasteiger partial charge in [0.1, 0.15) is 16.7 Å². The van der Waals surface area contributed by atoms with E-state index in [-0.39, 0.29) is 11.0 Å². The molecule has 1 aromatic heterocycles. The highest BCUT2D eigenvalue weighted by atomic mass is 32.1. The Kier molecular flexibility index (Phi) is 3.31. The highest BCUT2D eigenvalue weighted by Crippen LogP contribution is 2.29. The molecule has 3 rings (SSSR count). The summed E-state index contributed by atoms with van der Waals surface area (Å²) in [5, 5.41) is 12.8. The normalized spacial score (nSPS) is 16.6. The zero-order valence-corrected chi connectivity index (χ0v) is 11.7. The zero-order valence-electron chi connectivity index (χ0n) is 10.9. The quantitative estimate of drug-likeness (QED) is 0.905. The second-order valence-corrected chi connectivity index (χ2v) is 5.67. The second-order valence-electron chi connectivity index (χ2n) is 4.67. The molecule has 0 fully saturated rings. The fourth-order valence-corrected chi connectivity index (χ4v) is 3.05. The van der Waals surface area contributed by atoms with Gasteiger partial charge in [-0.2, -0.15) is 0 Å². The number of rotatable bonds is 4. The lowest BCUT2D eigenvalue weighted by Crippen LogP contribution is -2.23. The molecule has 0 spiro atoms. The van der Waals surface area contributed by atoms with Gasteiger partial charge in [0, 0.05) is 6.42 Å². The van der Waals surface area contributed by atoms with Gasteiger partial charge in [-0.1, -0.05) is 29.5 Å². The minimum Gasteiger partial charge on any atom is -0.488 e. The molecule has 1 unspecified atom stereocenters. The second kappa shape index (κ2) is 5.13. The van der Waals surface area contributed by atoms with Gasteiger partial charge in [0.15, 0.2) is 5.13 Å². The number of ether oxygens (including phenoxy) is 1. The molecule has 0 bridgehead atoms.